The summed E-state index contributed by atoms with van der Waals surface area (Å²) in [6.45, 7) is 2.05. The molecule has 1 aromatic rings. The Balaban J connectivity index is 1.98. The Kier molecular flexibility index (Phi) is 2.97. The van der Waals surface area contributed by atoms with Crippen molar-refractivity contribution in [3.05, 3.63) is 11.1 Å². The summed E-state index contributed by atoms with van der Waals surface area (Å²) < 4.78 is 22.5. The van der Waals surface area contributed by atoms with E-state index in [-0.39, 0.29) is 11.8 Å². The molecule has 1 fully saturated rings. The number of aryl methyl sites for hydroxylation is 1. The number of hydrogen-bond acceptors (Lipinski definition) is 5. The first-order chi connectivity index (χ1) is 7.09. The van der Waals surface area contributed by atoms with Gasteiger partial charge in [-0.3, -0.25) is 0 Å². The van der Waals surface area contributed by atoms with Gasteiger partial charge in [-0.05, 0) is 12.8 Å². The van der Waals surface area contributed by atoms with E-state index >= 15 is 0 Å². The molecule has 1 aromatic heterocycles. The van der Waals surface area contributed by atoms with E-state index in [1.54, 1.807) is 11.3 Å². The second-order valence-electron chi connectivity index (χ2n) is 3.74. The third-order valence-corrected chi connectivity index (χ3v) is 5.06. The minimum absolute atomic E-state index is 0.0471. The summed E-state index contributed by atoms with van der Waals surface area (Å²) in [4.78, 5) is 4.35. The van der Waals surface area contributed by atoms with Gasteiger partial charge in [0.15, 0.2) is 15.0 Å². The van der Waals surface area contributed by atoms with Crippen LogP contribution in [0.2, 0.25) is 0 Å². The minimum Gasteiger partial charge on any atom is -0.358 e. The molecule has 1 aliphatic rings. The van der Waals surface area contributed by atoms with Gasteiger partial charge >= 0.3 is 0 Å². The van der Waals surface area contributed by atoms with Crippen molar-refractivity contribution in [3.63, 3.8) is 0 Å². The van der Waals surface area contributed by atoms with E-state index < -0.39 is 9.84 Å². The molecule has 0 aromatic carbocycles. The van der Waals surface area contributed by atoms with Gasteiger partial charge in [-0.15, -0.1) is 11.3 Å². The Labute approximate surface area is 93.7 Å². The molecule has 0 spiro atoms. The molecule has 0 bridgehead atoms. The molecule has 15 heavy (non-hydrogen) atoms. The predicted octanol–water partition coefficient (Wildman–Crippen LogP) is 1.30. The number of thiazole rings is 1. The van der Waals surface area contributed by atoms with Crippen molar-refractivity contribution >= 4 is 26.3 Å². The van der Waals surface area contributed by atoms with Crippen molar-refractivity contribution in [1.82, 2.24) is 4.98 Å². The highest BCUT2D eigenvalue weighted by molar-refractivity contribution is 7.91. The first kappa shape index (κ1) is 10.9. The molecule has 2 rings (SSSR count). The number of aromatic nitrogens is 1. The standard InChI is InChI=1S/C9H14N2O2S2/c1-2-7-5-14-9(10-7)11-8-3-4-15(12,13)6-8/h5,8H,2-4,6H2,1H3,(H,10,11). The van der Waals surface area contributed by atoms with Crippen LogP contribution < -0.4 is 5.32 Å². The summed E-state index contributed by atoms with van der Waals surface area (Å²) in [5.74, 6) is 0.546. The zero-order chi connectivity index (χ0) is 10.9. The molecule has 4 nitrogen and oxygen atoms in total. The summed E-state index contributed by atoms with van der Waals surface area (Å²) in [5, 5.41) is 6.03. The van der Waals surface area contributed by atoms with Gasteiger partial charge in [0.25, 0.3) is 0 Å². The van der Waals surface area contributed by atoms with Crippen LogP contribution in [0.4, 0.5) is 5.13 Å². The van der Waals surface area contributed by atoms with Crippen molar-refractivity contribution in [2.24, 2.45) is 0 Å². The summed E-state index contributed by atoms with van der Waals surface area (Å²) >= 11 is 1.54. The summed E-state index contributed by atoms with van der Waals surface area (Å²) in [7, 11) is -2.80. The highest BCUT2D eigenvalue weighted by Gasteiger charge is 2.28. The molecule has 1 atom stereocenters. The lowest BCUT2D eigenvalue weighted by molar-refractivity contribution is 0.602. The Morgan fingerprint density at radius 2 is 2.47 bits per heavy atom. The van der Waals surface area contributed by atoms with E-state index in [2.05, 4.69) is 17.2 Å². The highest BCUT2D eigenvalue weighted by atomic mass is 32.2. The third kappa shape index (κ3) is 2.69. The molecule has 1 N–H and O–H groups in total. The molecule has 1 saturated heterocycles. The van der Waals surface area contributed by atoms with Crippen molar-refractivity contribution < 1.29 is 8.42 Å². The Hall–Kier alpha value is -0.620. The second-order valence-corrected chi connectivity index (χ2v) is 6.83. The van der Waals surface area contributed by atoms with Crippen molar-refractivity contribution in [1.29, 1.82) is 0 Å². The van der Waals surface area contributed by atoms with E-state index in [0.717, 1.165) is 17.2 Å². The molecule has 0 saturated carbocycles. The average molecular weight is 246 g/mol. The van der Waals surface area contributed by atoms with Gasteiger partial charge in [0.2, 0.25) is 0 Å². The van der Waals surface area contributed by atoms with E-state index in [4.69, 9.17) is 0 Å². The van der Waals surface area contributed by atoms with Crippen molar-refractivity contribution in [2.45, 2.75) is 25.8 Å². The molecule has 84 valence electrons. The van der Waals surface area contributed by atoms with Crippen LogP contribution in [0.3, 0.4) is 0 Å². The van der Waals surface area contributed by atoms with Crippen molar-refractivity contribution in [2.75, 3.05) is 16.8 Å². The zero-order valence-electron chi connectivity index (χ0n) is 8.56. The maximum Gasteiger partial charge on any atom is 0.183 e. The topological polar surface area (TPSA) is 59.1 Å². The quantitative estimate of drug-likeness (QED) is 0.873. The number of nitrogens with one attached hydrogen (secondary N) is 1. The Bertz CT molecular complexity index is 439. The SMILES string of the molecule is CCc1csc(NC2CCS(=O)(=O)C2)n1. The molecule has 0 aliphatic carbocycles. The predicted molar refractivity (Wildman–Crippen MR) is 62.2 cm³/mol. The summed E-state index contributed by atoms with van der Waals surface area (Å²) in [6, 6.07) is 0.0471. The van der Waals surface area contributed by atoms with Gasteiger partial charge in [-0.25, -0.2) is 13.4 Å². The molecule has 1 aliphatic heterocycles. The van der Waals surface area contributed by atoms with E-state index in [0.29, 0.717) is 12.2 Å². The van der Waals surface area contributed by atoms with Gasteiger partial charge in [0.05, 0.1) is 17.2 Å². The first-order valence-electron chi connectivity index (χ1n) is 5.00. The van der Waals surface area contributed by atoms with E-state index in [1.807, 2.05) is 5.38 Å². The monoisotopic (exact) mass is 246 g/mol. The van der Waals surface area contributed by atoms with Crippen LogP contribution in [0.15, 0.2) is 5.38 Å². The van der Waals surface area contributed by atoms with Gasteiger partial charge in [-0.2, -0.15) is 0 Å². The largest absolute Gasteiger partial charge is 0.358 e. The molecule has 6 heteroatoms. The number of sulfone groups is 1. The highest BCUT2D eigenvalue weighted by Crippen LogP contribution is 2.20. The normalized spacial score (nSPS) is 24.2. The van der Waals surface area contributed by atoms with Crippen LogP contribution in [0.25, 0.3) is 0 Å². The number of anilines is 1. The molecule has 2 heterocycles. The zero-order valence-corrected chi connectivity index (χ0v) is 10.2. The van der Waals surface area contributed by atoms with Gasteiger partial charge in [0, 0.05) is 11.4 Å². The molecule has 0 radical (unpaired) electrons. The molecular formula is C9H14N2O2S2. The third-order valence-electron chi connectivity index (χ3n) is 2.47. The number of rotatable bonds is 3. The van der Waals surface area contributed by atoms with Crippen LogP contribution in [-0.2, 0) is 16.3 Å². The van der Waals surface area contributed by atoms with E-state index in [1.165, 1.54) is 0 Å². The smallest absolute Gasteiger partial charge is 0.183 e. The van der Waals surface area contributed by atoms with Crippen molar-refractivity contribution in [3.8, 4) is 0 Å². The van der Waals surface area contributed by atoms with Gasteiger partial charge in [0.1, 0.15) is 0 Å². The second kappa shape index (κ2) is 4.09. The maximum atomic E-state index is 11.2. The number of hydrogen-bond donors (Lipinski definition) is 1. The summed E-state index contributed by atoms with van der Waals surface area (Å²) in [6.07, 6.45) is 1.62. The first-order valence-corrected chi connectivity index (χ1v) is 7.70. The lowest BCUT2D eigenvalue weighted by Gasteiger charge is -2.07. The Morgan fingerprint density at radius 3 is 3.00 bits per heavy atom. The lowest BCUT2D eigenvalue weighted by atomic mass is 10.3. The fourth-order valence-electron chi connectivity index (χ4n) is 1.62. The van der Waals surface area contributed by atoms with Gasteiger partial charge in [-0.1, -0.05) is 6.92 Å². The summed E-state index contributed by atoms with van der Waals surface area (Å²) in [5.41, 5.74) is 1.06. The lowest BCUT2D eigenvalue weighted by Crippen LogP contribution is -2.20. The fraction of sp³-hybridized carbons (Fsp3) is 0.667. The van der Waals surface area contributed by atoms with Crippen LogP contribution in [0, 0.1) is 0 Å². The maximum absolute atomic E-state index is 11.2. The van der Waals surface area contributed by atoms with Crippen LogP contribution in [0.1, 0.15) is 19.0 Å². The average Bonchev–Trinajstić information content (AvgIpc) is 2.73. The van der Waals surface area contributed by atoms with Crippen LogP contribution >= 0.6 is 11.3 Å². The van der Waals surface area contributed by atoms with Gasteiger partial charge < -0.3 is 5.32 Å². The van der Waals surface area contributed by atoms with Crippen LogP contribution in [0.5, 0.6) is 0 Å². The fourth-order valence-corrected chi connectivity index (χ4v) is 4.16. The van der Waals surface area contributed by atoms with Crippen LogP contribution in [-0.4, -0.2) is 30.9 Å². The van der Waals surface area contributed by atoms with E-state index in [9.17, 15) is 8.42 Å². The number of nitrogens with zero attached hydrogens (tertiary/aromatic N) is 1. The molecule has 1 unspecified atom stereocenters. The molecule has 0 amide bonds. The minimum atomic E-state index is -2.80. The Morgan fingerprint density at radius 1 is 1.67 bits per heavy atom. The molecular weight excluding hydrogens is 232 g/mol.